The van der Waals surface area contributed by atoms with Gasteiger partial charge in [0.25, 0.3) is 0 Å². The minimum absolute atomic E-state index is 0.0316. The first-order valence-corrected chi connectivity index (χ1v) is 11.7. The Morgan fingerprint density at radius 3 is 2.42 bits per heavy atom. The second-order valence-electron chi connectivity index (χ2n) is 8.00. The van der Waals surface area contributed by atoms with Crippen molar-refractivity contribution in [3.63, 3.8) is 0 Å². The number of benzene rings is 3. The highest BCUT2D eigenvalue weighted by Crippen LogP contribution is 2.33. The van der Waals surface area contributed by atoms with E-state index < -0.39 is 0 Å². The van der Waals surface area contributed by atoms with Crippen molar-refractivity contribution in [1.82, 2.24) is 4.90 Å². The molecule has 4 rings (SSSR count). The molecule has 7 heteroatoms. The molecule has 0 radical (unpaired) electrons. The van der Waals surface area contributed by atoms with Crippen LogP contribution in [0.5, 0.6) is 0 Å². The summed E-state index contributed by atoms with van der Waals surface area (Å²) in [6.45, 7) is 2.58. The molecule has 1 fully saturated rings. The molecule has 0 bridgehead atoms. The number of nitriles is 1. The van der Waals surface area contributed by atoms with Crippen molar-refractivity contribution in [3.05, 3.63) is 99.5 Å². The molecule has 166 valence electrons. The van der Waals surface area contributed by atoms with Crippen molar-refractivity contribution < 1.29 is 4.79 Å². The van der Waals surface area contributed by atoms with Crippen LogP contribution in [0.2, 0.25) is 10.0 Å². The number of carbonyl (C=O) groups excluding carboxylic acids is 1. The number of thiocarbonyl (C=S) groups is 1. The fraction of sp³-hybridized carbons (Fsp3) is 0.192. The van der Waals surface area contributed by atoms with Crippen LogP contribution < -0.4 is 4.90 Å². The van der Waals surface area contributed by atoms with Gasteiger partial charge in [-0.2, -0.15) is 5.26 Å². The Labute approximate surface area is 208 Å². The molecular weight excluding hydrogens is 473 g/mol. The molecule has 1 aliphatic rings. The summed E-state index contributed by atoms with van der Waals surface area (Å²) in [7, 11) is 0. The molecule has 1 aliphatic heterocycles. The van der Waals surface area contributed by atoms with Crippen LogP contribution in [0, 0.1) is 17.2 Å². The fourth-order valence-corrected chi connectivity index (χ4v) is 4.83. The molecule has 1 saturated heterocycles. The second-order valence-corrected chi connectivity index (χ2v) is 9.21. The van der Waals surface area contributed by atoms with Gasteiger partial charge in [-0.25, -0.2) is 0 Å². The van der Waals surface area contributed by atoms with Crippen molar-refractivity contribution in [2.24, 2.45) is 5.92 Å². The lowest BCUT2D eigenvalue weighted by atomic mass is 9.94. The van der Waals surface area contributed by atoms with Crippen LogP contribution in [0.4, 0.5) is 5.69 Å². The molecule has 0 saturated carbocycles. The smallest absolute Gasteiger partial charge is 0.238 e. The van der Waals surface area contributed by atoms with Gasteiger partial charge < -0.3 is 4.90 Å². The topological polar surface area (TPSA) is 47.3 Å². The zero-order chi connectivity index (χ0) is 23.5. The predicted octanol–water partition coefficient (Wildman–Crippen LogP) is 6.42. The Kier molecular flexibility index (Phi) is 6.99. The van der Waals surface area contributed by atoms with Gasteiger partial charge in [0.05, 0.1) is 28.2 Å². The zero-order valence-electron chi connectivity index (χ0n) is 17.9. The van der Waals surface area contributed by atoms with E-state index in [-0.39, 0.29) is 22.9 Å². The van der Waals surface area contributed by atoms with E-state index in [0.717, 1.165) is 11.1 Å². The molecule has 33 heavy (non-hydrogen) atoms. The predicted molar refractivity (Wildman–Crippen MR) is 136 cm³/mol. The normalized spacial score (nSPS) is 17.1. The number of halogens is 2. The standard InChI is InChI=1S/C26H21Cl2N3OS/c1-17(19-5-3-2-4-6-19)30-16-21(13-18-7-10-22(27)11-8-18)25(32)31(26(30)33)23-12-9-20(15-29)24(28)14-23/h2-12,14,17,21H,13,16H2,1H3/t17-,21+/m0/s1. The average molecular weight is 494 g/mol. The van der Waals surface area contributed by atoms with Crippen LogP contribution in [0.15, 0.2) is 72.8 Å². The third-order valence-electron chi connectivity index (χ3n) is 5.90. The maximum Gasteiger partial charge on any atom is 0.238 e. The van der Waals surface area contributed by atoms with Gasteiger partial charge in [0.2, 0.25) is 5.91 Å². The first-order valence-electron chi connectivity index (χ1n) is 10.5. The number of rotatable bonds is 5. The van der Waals surface area contributed by atoms with Crippen molar-refractivity contribution >= 4 is 52.1 Å². The maximum atomic E-state index is 13.7. The van der Waals surface area contributed by atoms with Crippen LogP contribution in [-0.4, -0.2) is 22.5 Å². The van der Waals surface area contributed by atoms with Crippen LogP contribution in [0.1, 0.15) is 29.7 Å². The van der Waals surface area contributed by atoms with Crippen LogP contribution >= 0.6 is 35.4 Å². The molecule has 3 aromatic rings. The van der Waals surface area contributed by atoms with Crippen molar-refractivity contribution in [3.8, 4) is 6.07 Å². The molecule has 3 aromatic carbocycles. The van der Waals surface area contributed by atoms with Crippen LogP contribution in [-0.2, 0) is 11.2 Å². The Bertz CT molecular complexity index is 1220. The SMILES string of the molecule is C[C@@H](c1ccccc1)N1C[C@@H](Cc2ccc(Cl)cc2)C(=O)N(c2ccc(C#N)c(Cl)c2)C1=S. The van der Waals surface area contributed by atoms with E-state index in [4.69, 9.17) is 35.4 Å². The fourth-order valence-electron chi connectivity index (χ4n) is 4.06. The Hall–Kier alpha value is -2.91. The van der Waals surface area contributed by atoms with Gasteiger partial charge in [-0.1, -0.05) is 65.7 Å². The Balaban J connectivity index is 1.72. The molecule has 4 nitrogen and oxygen atoms in total. The largest absolute Gasteiger partial charge is 0.341 e. The number of hydrogen-bond acceptors (Lipinski definition) is 3. The van der Waals surface area contributed by atoms with Gasteiger partial charge >= 0.3 is 0 Å². The quantitative estimate of drug-likeness (QED) is 0.384. The van der Waals surface area contributed by atoms with E-state index in [1.807, 2.05) is 42.5 Å². The summed E-state index contributed by atoms with van der Waals surface area (Å²) in [6, 6.07) is 24.6. The van der Waals surface area contributed by atoms with E-state index >= 15 is 0 Å². The molecule has 2 atom stereocenters. The van der Waals surface area contributed by atoms with E-state index in [2.05, 4.69) is 30.0 Å². The minimum Gasteiger partial charge on any atom is -0.341 e. The number of nitrogens with zero attached hydrogens (tertiary/aromatic N) is 3. The monoisotopic (exact) mass is 493 g/mol. The zero-order valence-corrected chi connectivity index (χ0v) is 20.2. The molecule has 0 aliphatic carbocycles. The highest BCUT2D eigenvalue weighted by molar-refractivity contribution is 7.80. The Morgan fingerprint density at radius 1 is 1.09 bits per heavy atom. The van der Waals surface area contributed by atoms with E-state index in [1.165, 1.54) is 0 Å². The van der Waals surface area contributed by atoms with Crippen molar-refractivity contribution in [2.75, 3.05) is 11.4 Å². The number of anilines is 1. The van der Waals surface area contributed by atoms with Gasteiger partial charge in [0.15, 0.2) is 5.11 Å². The molecule has 0 unspecified atom stereocenters. The summed E-state index contributed by atoms with van der Waals surface area (Å²) in [5, 5.41) is 10.6. The van der Waals surface area contributed by atoms with Gasteiger partial charge in [-0.15, -0.1) is 0 Å². The summed E-state index contributed by atoms with van der Waals surface area (Å²) in [5.74, 6) is -0.411. The van der Waals surface area contributed by atoms with Gasteiger partial charge in [-0.3, -0.25) is 9.69 Å². The third kappa shape index (κ3) is 4.89. The first kappa shape index (κ1) is 23.3. The van der Waals surface area contributed by atoms with Crippen molar-refractivity contribution in [1.29, 1.82) is 5.26 Å². The van der Waals surface area contributed by atoms with Crippen molar-refractivity contribution in [2.45, 2.75) is 19.4 Å². The lowest BCUT2D eigenvalue weighted by Crippen LogP contribution is -2.57. The second kappa shape index (κ2) is 9.93. The average Bonchev–Trinajstić information content (AvgIpc) is 2.82. The summed E-state index contributed by atoms with van der Waals surface area (Å²) < 4.78 is 0. The lowest BCUT2D eigenvalue weighted by molar-refractivity contribution is -0.123. The maximum absolute atomic E-state index is 13.7. The molecule has 1 amide bonds. The highest BCUT2D eigenvalue weighted by atomic mass is 35.5. The minimum atomic E-state index is -0.321. The van der Waals surface area contributed by atoms with Gasteiger partial charge in [-0.05, 0) is 67.0 Å². The molecular formula is C26H21Cl2N3OS. The lowest BCUT2D eigenvalue weighted by Gasteiger charge is -2.44. The number of hydrogen-bond donors (Lipinski definition) is 0. The van der Waals surface area contributed by atoms with Crippen LogP contribution in [0.3, 0.4) is 0 Å². The Morgan fingerprint density at radius 2 is 1.79 bits per heavy atom. The summed E-state index contributed by atoms with van der Waals surface area (Å²) >= 11 is 18.2. The number of carbonyl (C=O) groups is 1. The highest BCUT2D eigenvalue weighted by Gasteiger charge is 2.39. The summed E-state index contributed by atoms with van der Waals surface area (Å²) in [4.78, 5) is 17.3. The van der Waals surface area contributed by atoms with Crippen LogP contribution in [0.25, 0.3) is 0 Å². The molecule has 0 spiro atoms. The molecule has 0 aromatic heterocycles. The first-order chi connectivity index (χ1) is 15.9. The molecule has 1 heterocycles. The summed E-state index contributed by atoms with van der Waals surface area (Å²) in [5.41, 5.74) is 3.04. The third-order valence-corrected chi connectivity index (χ3v) is 6.88. The summed E-state index contributed by atoms with van der Waals surface area (Å²) in [6.07, 6.45) is 0.553. The van der Waals surface area contributed by atoms with E-state index in [0.29, 0.717) is 34.4 Å². The van der Waals surface area contributed by atoms with E-state index in [1.54, 1.807) is 23.1 Å². The molecule has 0 N–H and O–H groups in total. The van der Waals surface area contributed by atoms with E-state index in [9.17, 15) is 10.1 Å². The number of amides is 1. The van der Waals surface area contributed by atoms with Gasteiger partial charge in [0.1, 0.15) is 6.07 Å². The van der Waals surface area contributed by atoms with Gasteiger partial charge in [0, 0.05) is 11.6 Å².